The zero-order chi connectivity index (χ0) is 15.0. The molecule has 0 amide bonds. The Kier molecular flexibility index (Phi) is 3.79. The number of aromatic nitrogens is 2. The van der Waals surface area contributed by atoms with E-state index in [4.69, 9.17) is 4.74 Å². The molecule has 2 aromatic rings. The van der Waals surface area contributed by atoms with Crippen molar-refractivity contribution in [2.45, 2.75) is 19.1 Å². The molecule has 9 heteroatoms. The largest absolute Gasteiger partial charge is 0.373 e. The van der Waals surface area contributed by atoms with Gasteiger partial charge in [-0.1, -0.05) is 11.3 Å². The van der Waals surface area contributed by atoms with Crippen LogP contribution >= 0.6 is 11.3 Å². The van der Waals surface area contributed by atoms with Gasteiger partial charge >= 0.3 is 5.82 Å². The standard InChI is InChI=1S/C12H17N5O3S/c1-8(9-7-15(2)3-5-20-9)13-10-11(17(18)19)16-4-6-21-12(16)14-10/h4,6,8-9,13H,3,5,7H2,1-2H3. The van der Waals surface area contributed by atoms with Crippen LogP contribution in [0.3, 0.4) is 0 Å². The summed E-state index contributed by atoms with van der Waals surface area (Å²) in [5.41, 5.74) is 0. The molecule has 2 aromatic heterocycles. The number of fused-ring (bicyclic) bond motifs is 1. The number of hydrogen-bond donors (Lipinski definition) is 1. The van der Waals surface area contributed by atoms with Crippen LogP contribution in [0.1, 0.15) is 6.92 Å². The van der Waals surface area contributed by atoms with Gasteiger partial charge in [-0.25, -0.2) is 0 Å². The van der Waals surface area contributed by atoms with Crippen molar-refractivity contribution >= 4 is 27.9 Å². The summed E-state index contributed by atoms with van der Waals surface area (Å²) in [6.07, 6.45) is 1.65. The summed E-state index contributed by atoms with van der Waals surface area (Å²) in [5, 5.41) is 16.2. The number of nitrogens with zero attached hydrogens (tertiary/aromatic N) is 4. The molecule has 1 aliphatic heterocycles. The minimum atomic E-state index is -0.407. The topological polar surface area (TPSA) is 84.9 Å². The van der Waals surface area contributed by atoms with Crippen LogP contribution in [0, 0.1) is 10.1 Å². The molecule has 2 unspecified atom stereocenters. The lowest BCUT2D eigenvalue weighted by atomic mass is 10.1. The normalized spacial score (nSPS) is 21.5. The van der Waals surface area contributed by atoms with Crippen LogP contribution in [0.2, 0.25) is 0 Å². The fourth-order valence-electron chi connectivity index (χ4n) is 2.47. The van der Waals surface area contributed by atoms with E-state index in [-0.39, 0.29) is 18.0 Å². The van der Waals surface area contributed by atoms with Gasteiger partial charge in [-0.2, -0.15) is 9.38 Å². The average Bonchev–Trinajstić information content (AvgIpc) is 2.98. The molecule has 8 nitrogen and oxygen atoms in total. The van der Waals surface area contributed by atoms with Gasteiger partial charge in [0.25, 0.3) is 4.96 Å². The third-order valence-corrected chi connectivity index (χ3v) is 4.39. The molecule has 1 saturated heterocycles. The molecule has 0 aromatic carbocycles. The summed E-state index contributed by atoms with van der Waals surface area (Å²) in [6.45, 7) is 4.34. The van der Waals surface area contributed by atoms with Gasteiger partial charge in [-0.3, -0.25) is 0 Å². The Hall–Kier alpha value is -1.71. The molecule has 114 valence electrons. The molecular weight excluding hydrogens is 294 g/mol. The first-order chi connectivity index (χ1) is 10.1. The number of rotatable bonds is 4. The summed E-state index contributed by atoms with van der Waals surface area (Å²) < 4.78 is 7.23. The Morgan fingerprint density at radius 1 is 1.67 bits per heavy atom. The van der Waals surface area contributed by atoms with E-state index in [0.717, 1.165) is 13.1 Å². The van der Waals surface area contributed by atoms with Gasteiger partial charge in [-0.05, 0) is 18.9 Å². The molecule has 0 radical (unpaired) electrons. The Balaban J connectivity index is 1.82. The highest BCUT2D eigenvalue weighted by Gasteiger charge is 2.29. The minimum Gasteiger partial charge on any atom is -0.373 e. The van der Waals surface area contributed by atoms with Gasteiger partial charge in [0.05, 0.1) is 18.8 Å². The summed E-state index contributed by atoms with van der Waals surface area (Å²) in [7, 11) is 2.04. The smallest absolute Gasteiger partial charge is 0.372 e. The van der Waals surface area contributed by atoms with E-state index in [1.165, 1.54) is 15.7 Å². The zero-order valence-electron chi connectivity index (χ0n) is 11.9. The number of likely N-dealkylation sites (N-methyl/N-ethyl adjacent to an activating group) is 1. The van der Waals surface area contributed by atoms with Gasteiger partial charge in [-0.15, -0.1) is 0 Å². The molecule has 21 heavy (non-hydrogen) atoms. The molecule has 0 aliphatic carbocycles. The van der Waals surface area contributed by atoms with E-state index < -0.39 is 4.92 Å². The Morgan fingerprint density at radius 3 is 3.19 bits per heavy atom. The van der Waals surface area contributed by atoms with Crippen molar-refractivity contribution in [1.29, 1.82) is 0 Å². The van der Waals surface area contributed by atoms with Crippen molar-refractivity contribution in [2.75, 3.05) is 32.1 Å². The molecule has 2 atom stereocenters. The number of nitro groups is 1. The molecular formula is C12H17N5O3S. The SMILES string of the molecule is CC(Nc1nc2sccn2c1[N+](=O)[O-])C1CN(C)CCO1. The molecule has 1 N–H and O–H groups in total. The Morgan fingerprint density at radius 2 is 2.48 bits per heavy atom. The zero-order valence-corrected chi connectivity index (χ0v) is 12.7. The van der Waals surface area contributed by atoms with Crippen molar-refractivity contribution < 1.29 is 9.66 Å². The molecule has 1 aliphatic rings. The third kappa shape index (κ3) is 2.71. The van der Waals surface area contributed by atoms with Crippen LogP contribution in [0.25, 0.3) is 4.96 Å². The van der Waals surface area contributed by atoms with Crippen LogP contribution in [0.15, 0.2) is 11.6 Å². The molecule has 1 fully saturated rings. The fraction of sp³-hybridized carbons (Fsp3) is 0.583. The second-order valence-corrected chi connectivity index (χ2v) is 6.07. The molecule has 0 bridgehead atoms. The maximum Gasteiger partial charge on any atom is 0.372 e. The predicted octanol–water partition coefficient (Wildman–Crippen LogP) is 1.43. The van der Waals surface area contributed by atoms with Crippen molar-refractivity contribution in [3.05, 3.63) is 21.7 Å². The van der Waals surface area contributed by atoms with Gasteiger partial charge in [0.15, 0.2) is 0 Å². The number of anilines is 1. The predicted molar refractivity (Wildman–Crippen MR) is 80.0 cm³/mol. The van der Waals surface area contributed by atoms with Crippen LogP contribution in [-0.4, -0.2) is 58.1 Å². The minimum absolute atomic E-state index is 0.0110. The van der Waals surface area contributed by atoms with E-state index >= 15 is 0 Å². The second-order valence-electron chi connectivity index (χ2n) is 5.20. The van der Waals surface area contributed by atoms with E-state index in [0.29, 0.717) is 17.4 Å². The number of imidazole rings is 1. The summed E-state index contributed by atoms with van der Waals surface area (Å²) in [5.74, 6) is 0.276. The van der Waals surface area contributed by atoms with Crippen molar-refractivity contribution in [3.8, 4) is 0 Å². The lowest BCUT2D eigenvalue weighted by Gasteiger charge is -2.33. The van der Waals surface area contributed by atoms with Gasteiger partial charge < -0.3 is 25.1 Å². The Labute approximate surface area is 125 Å². The first-order valence-electron chi connectivity index (χ1n) is 6.73. The maximum absolute atomic E-state index is 11.3. The van der Waals surface area contributed by atoms with Gasteiger partial charge in [0.1, 0.15) is 6.20 Å². The molecule has 0 saturated carbocycles. The van der Waals surface area contributed by atoms with Crippen molar-refractivity contribution in [1.82, 2.24) is 14.3 Å². The first-order valence-corrected chi connectivity index (χ1v) is 7.61. The van der Waals surface area contributed by atoms with Crippen LogP contribution in [-0.2, 0) is 4.74 Å². The summed E-state index contributed by atoms with van der Waals surface area (Å²) in [6, 6.07) is -0.0592. The second kappa shape index (κ2) is 5.58. The number of morpholine rings is 1. The lowest BCUT2D eigenvalue weighted by Crippen LogP contribution is -2.47. The highest BCUT2D eigenvalue weighted by molar-refractivity contribution is 7.15. The number of nitrogens with one attached hydrogen (secondary N) is 1. The Bertz CT molecular complexity index is 654. The third-order valence-electron chi connectivity index (χ3n) is 3.63. The quantitative estimate of drug-likeness (QED) is 0.679. The van der Waals surface area contributed by atoms with E-state index in [2.05, 4.69) is 15.2 Å². The van der Waals surface area contributed by atoms with Crippen molar-refractivity contribution in [3.63, 3.8) is 0 Å². The van der Waals surface area contributed by atoms with E-state index in [9.17, 15) is 10.1 Å². The molecule has 3 heterocycles. The molecule has 0 spiro atoms. The summed E-state index contributed by atoms with van der Waals surface area (Å²) in [4.78, 5) is 18.0. The van der Waals surface area contributed by atoms with Crippen molar-refractivity contribution in [2.24, 2.45) is 0 Å². The average molecular weight is 311 g/mol. The first kappa shape index (κ1) is 14.2. The fourth-order valence-corrected chi connectivity index (χ4v) is 3.18. The molecule has 3 rings (SSSR count). The van der Waals surface area contributed by atoms with Crippen LogP contribution in [0.5, 0.6) is 0 Å². The van der Waals surface area contributed by atoms with Crippen LogP contribution in [0.4, 0.5) is 11.6 Å². The highest BCUT2D eigenvalue weighted by atomic mass is 32.1. The van der Waals surface area contributed by atoms with E-state index in [1.807, 2.05) is 14.0 Å². The number of ether oxygens (including phenoxy) is 1. The monoisotopic (exact) mass is 311 g/mol. The van der Waals surface area contributed by atoms with Gasteiger partial charge in [0, 0.05) is 18.5 Å². The maximum atomic E-state index is 11.3. The van der Waals surface area contributed by atoms with Crippen LogP contribution < -0.4 is 5.32 Å². The number of hydrogen-bond acceptors (Lipinski definition) is 7. The van der Waals surface area contributed by atoms with E-state index in [1.54, 1.807) is 11.6 Å². The highest BCUT2D eigenvalue weighted by Crippen LogP contribution is 2.29. The summed E-state index contributed by atoms with van der Waals surface area (Å²) >= 11 is 1.37. The van der Waals surface area contributed by atoms with Gasteiger partial charge in [0.2, 0.25) is 5.82 Å². The lowest BCUT2D eigenvalue weighted by molar-refractivity contribution is -0.389. The number of thiazole rings is 1.